The van der Waals surface area contributed by atoms with Crippen molar-refractivity contribution >= 4 is 23.2 Å². The summed E-state index contributed by atoms with van der Waals surface area (Å²) in [5.41, 5.74) is 1.13. The molecule has 2 N–H and O–H groups in total. The van der Waals surface area contributed by atoms with Gasteiger partial charge in [0.25, 0.3) is 17.5 Å². The Hall–Kier alpha value is -2.48. The monoisotopic (exact) mass is 309 g/mol. The molecular formula is C14H21N4O4+. The number of amides is 2. The highest BCUT2D eigenvalue weighted by atomic mass is 16.6. The molecule has 8 nitrogen and oxygen atoms in total. The average molecular weight is 309 g/mol. The molecule has 1 aromatic rings. The molecule has 120 valence electrons. The number of benzene rings is 1. The molecule has 1 rings (SSSR count). The zero-order chi connectivity index (χ0) is 16.9. The van der Waals surface area contributed by atoms with Crippen LogP contribution in [0.2, 0.25) is 0 Å². The maximum absolute atomic E-state index is 12.0. The molecule has 1 atom stereocenters. The third-order valence-electron chi connectivity index (χ3n) is 3.11. The van der Waals surface area contributed by atoms with E-state index in [2.05, 4.69) is 5.32 Å². The molecule has 1 unspecified atom stereocenters. The van der Waals surface area contributed by atoms with E-state index in [1.54, 1.807) is 28.1 Å². The molecule has 0 radical (unpaired) electrons. The molecule has 0 fully saturated rings. The second-order valence-electron chi connectivity index (χ2n) is 5.40. The quantitative estimate of drug-likeness (QED) is 0.544. The molecule has 0 saturated heterocycles. The van der Waals surface area contributed by atoms with Gasteiger partial charge in [-0.25, -0.2) is 0 Å². The van der Waals surface area contributed by atoms with Crippen molar-refractivity contribution in [2.45, 2.75) is 6.92 Å². The highest BCUT2D eigenvalue weighted by molar-refractivity contribution is 5.92. The normalized spacial score (nSPS) is 11.6. The van der Waals surface area contributed by atoms with Crippen molar-refractivity contribution in [3.05, 3.63) is 33.9 Å². The van der Waals surface area contributed by atoms with E-state index in [0.29, 0.717) is 11.3 Å². The van der Waals surface area contributed by atoms with Crippen LogP contribution in [0.3, 0.4) is 0 Å². The van der Waals surface area contributed by atoms with Crippen molar-refractivity contribution in [2.75, 3.05) is 39.5 Å². The topological polar surface area (TPSA) is 97.0 Å². The summed E-state index contributed by atoms with van der Waals surface area (Å²) < 4.78 is 0. The predicted octanol–water partition coefficient (Wildman–Crippen LogP) is -0.555. The third-order valence-corrected chi connectivity index (χ3v) is 3.11. The lowest BCUT2D eigenvalue weighted by Gasteiger charge is -2.16. The first-order valence-corrected chi connectivity index (χ1v) is 6.77. The van der Waals surface area contributed by atoms with Crippen LogP contribution in [-0.4, -0.2) is 55.9 Å². The number of nitro benzene ring substituents is 1. The van der Waals surface area contributed by atoms with Gasteiger partial charge in [-0.1, -0.05) is 0 Å². The minimum atomic E-state index is -0.483. The van der Waals surface area contributed by atoms with Crippen LogP contribution in [0.4, 0.5) is 11.4 Å². The zero-order valence-corrected chi connectivity index (χ0v) is 13.2. The van der Waals surface area contributed by atoms with Gasteiger partial charge in [-0.2, -0.15) is 0 Å². The number of hydrogen-bond acceptors (Lipinski definition) is 4. The predicted molar refractivity (Wildman–Crippen MR) is 81.8 cm³/mol. The van der Waals surface area contributed by atoms with Gasteiger partial charge in [0.2, 0.25) is 0 Å². The number of likely N-dealkylation sites (N-methyl/N-ethyl adjacent to an activating group) is 2. The smallest absolute Gasteiger partial charge is 0.279 e. The average Bonchev–Trinajstić information content (AvgIpc) is 2.40. The molecule has 22 heavy (non-hydrogen) atoms. The number of aryl methyl sites for hydroxylation is 1. The number of rotatable bonds is 6. The Morgan fingerprint density at radius 2 is 1.95 bits per heavy atom. The van der Waals surface area contributed by atoms with E-state index in [-0.39, 0.29) is 30.6 Å². The van der Waals surface area contributed by atoms with Crippen LogP contribution in [0.5, 0.6) is 0 Å². The Morgan fingerprint density at radius 1 is 1.32 bits per heavy atom. The number of non-ortho nitro benzene ring substituents is 1. The summed E-state index contributed by atoms with van der Waals surface area (Å²) >= 11 is 0. The van der Waals surface area contributed by atoms with E-state index in [1.165, 1.54) is 23.1 Å². The molecule has 0 aliphatic heterocycles. The van der Waals surface area contributed by atoms with Crippen LogP contribution in [0.25, 0.3) is 0 Å². The van der Waals surface area contributed by atoms with Crippen molar-refractivity contribution < 1.29 is 19.4 Å². The fourth-order valence-corrected chi connectivity index (χ4v) is 1.85. The van der Waals surface area contributed by atoms with E-state index in [0.717, 1.165) is 4.90 Å². The van der Waals surface area contributed by atoms with E-state index >= 15 is 0 Å². The van der Waals surface area contributed by atoms with Gasteiger partial charge in [0, 0.05) is 31.9 Å². The van der Waals surface area contributed by atoms with Crippen LogP contribution in [0, 0.1) is 17.0 Å². The van der Waals surface area contributed by atoms with Crippen molar-refractivity contribution in [3.8, 4) is 0 Å². The second kappa shape index (κ2) is 7.51. The van der Waals surface area contributed by atoms with Crippen LogP contribution in [-0.2, 0) is 9.59 Å². The molecule has 0 heterocycles. The largest absolute Gasteiger partial charge is 0.344 e. The van der Waals surface area contributed by atoms with E-state index in [4.69, 9.17) is 0 Å². The summed E-state index contributed by atoms with van der Waals surface area (Å²) in [5.74, 6) is -0.308. The van der Waals surface area contributed by atoms with Crippen molar-refractivity contribution in [1.82, 2.24) is 4.90 Å². The van der Waals surface area contributed by atoms with Gasteiger partial charge in [-0.3, -0.25) is 19.7 Å². The summed E-state index contributed by atoms with van der Waals surface area (Å²) in [5, 5.41) is 13.4. The summed E-state index contributed by atoms with van der Waals surface area (Å²) in [6.07, 6.45) is 0. The van der Waals surface area contributed by atoms with Gasteiger partial charge in [-0.15, -0.1) is 0 Å². The Kier molecular flexibility index (Phi) is 6.00. The maximum atomic E-state index is 12.0. The minimum absolute atomic E-state index is 0.0187. The SMILES string of the molecule is Cc1cc([N+](=O)[O-])ccc1NC(=O)C[NH+](C)CC(=O)N(C)C. The van der Waals surface area contributed by atoms with Crippen LogP contribution < -0.4 is 10.2 Å². The van der Waals surface area contributed by atoms with E-state index in [9.17, 15) is 19.7 Å². The Labute approximate surface area is 128 Å². The fourth-order valence-electron chi connectivity index (χ4n) is 1.85. The van der Waals surface area contributed by atoms with E-state index in [1.807, 2.05) is 0 Å². The zero-order valence-electron chi connectivity index (χ0n) is 13.2. The molecule has 2 amide bonds. The number of quaternary nitrogens is 1. The van der Waals surface area contributed by atoms with E-state index < -0.39 is 4.92 Å². The first-order valence-electron chi connectivity index (χ1n) is 6.77. The Balaban J connectivity index is 2.62. The summed E-state index contributed by atoms with van der Waals surface area (Å²) in [4.78, 5) is 35.9. The van der Waals surface area contributed by atoms with Crippen LogP contribution in [0.1, 0.15) is 5.56 Å². The number of nitrogens with one attached hydrogen (secondary N) is 2. The van der Waals surface area contributed by atoms with Gasteiger partial charge in [-0.05, 0) is 18.6 Å². The lowest BCUT2D eigenvalue weighted by Crippen LogP contribution is -3.11. The lowest BCUT2D eigenvalue weighted by atomic mass is 10.2. The standard InChI is InChI=1S/C14H20N4O4/c1-10-7-11(18(21)22)5-6-12(10)15-13(19)8-17(4)9-14(20)16(2)3/h5-7H,8-9H2,1-4H3,(H,15,19)/p+1. The Bertz CT molecular complexity index is 586. The molecule has 0 spiro atoms. The summed E-state index contributed by atoms with van der Waals surface area (Å²) in [7, 11) is 5.08. The Morgan fingerprint density at radius 3 is 2.45 bits per heavy atom. The van der Waals surface area contributed by atoms with Crippen LogP contribution in [0.15, 0.2) is 18.2 Å². The van der Waals surface area contributed by atoms with Crippen molar-refractivity contribution in [3.63, 3.8) is 0 Å². The molecule has 0 aliphatic rings. The van der Waals surface area contributed by atoms with Gasteiger partial charge in [0.1, 0.15) is 0 Å². The molecule has 1 aromatic carbocycles. The first-order chi connectivity index (χ1) is 10.2. The number of hydrogen-bond donors (Lipinski definition) is 2. The highest BCUT2D eigenvalue weighted by Gasteiger charge is 2.16. The number of carbonyl (C=O) groups is 2. The lowest BCUT2D eigenvalue weighted by molar-refractivity contribution is -0.862. The van der Waals surface area contributed by atoms with Crippen molar-refractivity contribution in [1.29, 1.82) is 0 Å². The second-order valence-corrected chi connectivity index (χ2v) is 5.40. The summed E-state index contributed by atoms with van der Waals surface area (Å²) in [6.45, 7) is 2.05. The van der Waals surface area contributed by atoms with Gasteiger partial charge >= 0.3 is 0 Å². The molecule has 8 heteroatoms. The summed E-state index contributed by atoms with van der Waals surface area (Å²) in [6, 6.07) is 4.25. The molecule has 0 saturated carbocycles. The van der Waals surface area contributed by atoms with Gasteiger partial charge < -0.3 is 15.1 Å². The third kappa shape index (κ3) is 5.13. The molecular weight excluding hydrogens is 288 g/mol. The van der Waals surface area contributed by atoms with Crippen molar-refractivity contribution in [2.24, 2.45) is 0 Å². The number of nitro groups is 1. The molecule has 0 aliphatic carbocycles. The first kappa shape index (κ1) is 17.6. The fraction of sp³-hybridized carbons (Fsp3) is 0.429. The van der Waals surface area contributed by atoms with Gasteiger partial charge in [0.15, 0.2) is 13.1 Å². The highest BCUT2D eigenvalue weighted by Crippen LogP contribution is 2.20. The number of carbonyl (C=O) groups excluding carboxylic acids is 2. The number of anilines is 1. The molecule has 0 aromatic heterocycles. The van der Waals surface area contributed by atoms with Gasteiger partial charge in [0.05, 0.1) is 12.0 Å². The minimum Gasteiger partial charge on any atom is -0.344 e. The maximum Gasteiger partial charge on any atom is 0.279 e. The molecule has 0 bridgehead atoms. The number of nitrogens with zero attached hydrogens (tertiary/aromatic N) is 2. The van der Waals surface area contributed by atoms with Crippen LogP contribution >= 0.6 is 0 Å².